The summed E-state index contributed by atoms with van der Waals surface area (Å²) < 4.78 is 7.57. The van der Waals surface area contributed by atoms with Gasteiger partial charge in [0.25, 0.3) is 0 Å². The molecule has 0 N–H and O–H groups in total. The van der Waals surface area contributed by atoms with Gasteiger partial charge in [-0.25, -0.2) is 0 Å². The van der Waals surface area contributed by atoms with Gasteiger partial charge in [0.1, 0.15) is 0 Å². The summed E-state index contributed by atoms with van der Waals surface area (Å²) in [7, 11) is 0. The molecule has 0 spiro atoms. The molecule has 7 heteroatoms. The molecule has 1 saturated carbocycles. The second kappa shape index (κ2) is 8.30. The van der Waals surface area contributed by atoms with Crippen LogP contribution in [0.4, 0.5) is 0 Å². The fourth-order valence-corrected chi connectivity index (χ4v) is 4.65. The average molecular weight is 412 g/mol. The zero-order chi connectivity index (χ0) is 20.4. The van der Waals surface area contributed by atoms with E-state index in [1.54, 1.807) is 11.8 Å². The van der Waals surface area contributed by atoms with Crippen molar-refractivity contribution < 1.29 is 4.52 Å². The number of aryl methyl sites for hydroxylation is 1. The predicted molar refractivity (Wildman–Crippen MR) is 115 cm³/mol. The van der Waals surface area contributed by atoms with E-state index in [2.05, 4.69) is 69.9 Å². The van der Waals surface area contributed by atoms with E-state index in [1.165, 1.54) is 31.2 Å². The van der Waals surface area contributed by atoms with Crippen molar-refractivity contribution in [2.45, 2.75) is 82.2 Å². The van der Waals surface area contributed by atoms with E-state index in [9.17, 15) is 0 Å². The third kappa shape index (κ3) is 4.39. The predicted octanol–water partition coefficient (Wildman–Crippen LogP) is 5.60. The van der Waals surface area contributed by atoms with Gasteiger partial charge in [-0.2, -0.15) is 4.98 Å². The minimum absolute atomic E-state index is 0.139. The Morgan fingerprint density at radius 3 is 2.45 bits per heavy atom. The van der Waals surface area contributed by atoms with Gasteiger partial charge in [-0.05, 0) is 23.8 Å². The summed E-state index contributed by atoms with van der Waals surface area (Å²) in [6.07, 6.45) is 5.65. The lowest BCUT2D eigenvalue weighted by molar-refractivity contribution is 0.378. The van der Waals surface area contributed by atoms with E-state index in [-0.39, 0.29) is 5.41 Å². The van der Waals surface area contributed by atoms with Crippen molar-refractivity contribution in [3.63, 3.8) is 0 Å². The zero-order valence-electron chi connectivity index (χ0n) is 17.7. The Morgan fingerprint density at radius 2 is 1.83 bits per heavy atom. The SMILES string of the molecule is CCc1nc(CSc2nnc(-c3ccc(C(C)(C)C)cc3)n2C2CCCC2)no1. The highest BCUT2D eigenvalue weighted by molar-refractivity contribution is 7.98. The van der Waals surface area contributed by atoms with Gasteiger partial charge in [0.2, 0.25) is 5.89 Å². The van der Waals surface area contributed by atoms with Crippen LogP contribution in [0, 0.1) is 0 Å². The van der Waals surface area contributed by atoms with Crippen molar-refractivity contribution in [1.82, 2.24) is 24.9 Å². The van der Waals surface area contributed by atoms with Crippen LogP contribution in [0.2, 0.25) is 0 Å². The summed E-state index contributed by atoms with van der Waals surface area (Å²) in [6.45, 7) is 8.72. The molecule has 0 bridgehead atoms. The van der Waals surface area contributed by atoms with Crippen LogP contribution in [0.1, 0.15) is 76.7 Å². The molecule has 1 fully saturated rings. The first-order valence-electron chi connectivity index (χ1n) is 10.5. The molecule has 29 heavy (non-hydrogen) atoms. The summed E-state index contributed by atoms with van der Waals surface area (Å²) in [5.74, 6) is 2.99. The van der Waals surface area contributed by atoms with Gasteiger partial charge >= 0.3 is 0 Å². The molecule has 2 heterocycles. The van der Waals surface area contributed by atoms with Gasteiger partial charge in [-0.3, -0.25) is 4.57 Å². The molecule has 0 saturated heterocycles. The largest absolute Gasteiger partial charge is 0.339 e. The van der Waals surface area contributed by atoms with Crippen molar-refractivity contribution in [1.29, 1.82) is 0 Å². The summed E-state index contributed by atoms with van der Waals surface area (Å²) in [6, 6.07) is 9.23. The highest BCUT2D eigenvalue weighted by atomic mass is 32.2. The monoisotopic (exact) mass is 411 g/mol. The van der Waals surface area contributed by atoms with E-state index >= 15 is 0 Å². The smallest absolute Gasteiger partial charge is 0.226 e. The lowest BCUT2D eigenvalue weighted by atomic mass is 9.86. The molecule has 1 aliphatic rings. The third-order valence-electron chi connectivity index (χ3n) is 5.51. The number of hydrogen-bond donors (Lipinski definition) is 0. The lowest BCUT2D eigenvalue weighted by Gasteiger charge is -2.20. The molecule has 0 unspecified atom stereocenters. The summed E-state index contributed by atoms with van der Waals surface area (Å²) in [4.78, 5) is 4.41. The molecular weight excluding hydrogens is 382 g/mol. The van der Waals surface area contributed by atoms with E-state index in [0.717, 1.165) is 23.0 Å². The Bertz CT molecular complexity index is 948. The number of rotatable bonds is 6. The van der Waals surface area contributed by atoms with Crippen LogP contribution in [-0.2, 0) is 17.6 Å². The van der Waals surface area contributed by atoms with Crippen molar-refractivity contribution in [3.05, 3.63) is 41.5 Å². The zero-order valence-corrected chi connectivity index (χ0v) is 18.5. The third-order valence-corrected chi connectivity index (χ3v) is 6.45. The summed E-state index contributed by atoms with van der Waals surface area (Å²) in [5, 5.41) is 14.1. The molecule has 3 aromatic rings. The molecular formula is C22H29N5OS. The van der Waals surface area contributed by atoms with Crippen LogP contribution < -0.4 is 0 Å². The van der Waals surface area contributed by atoms with Crippen LogP contribution in [0.25, 0.3) is 11.4 Å². The van der Waals surface area contributed by atoms with E-state index in [4.69, 9.17) is 4.52 Å². The van der Waals surface area contributed by atoms with E-state index in [1.807, 2.05) is 6.92 Å². The Hall–Kier alpha value is -2.15. The van der Waals surface area contributed by atoms with Gasteiger partial charge < -0.3 is 4.52 Å². The van der Waals surface area contributed by atoms with Crippen molar-refractivity contribution in [3.8, 4) is 11.4 Å². The molecule has 2 aromatic heterocycles. The molecule has 0 amide bonds. The Labute approximate surface area is 176 Å². The first-order chi connectivity index (χ1) is 14.0. The maximum Gasteiger partial charge on any atom is 0.226 e. The van der Waals surface area contributed by atoms with Gasteiger partial charge in [0.05, 0.1) is 5.75 Å². The van der Waals surface area contributed by atoms with Crippen molar-refractivity contribution >= 4 is 11.8 Å². The van der Waals surface area contributed by atoms with Crippen LogP contribution in [-0.4, -0.2) is 24.9 Å². The first kappa shape index (κ1) is 20.1. The van der Waals surface area contributed by atoms with Gasteiger partial charge in [-0.1, -0.05) is 81.7 Å². The fraction of sp³-hybridized carbons (Fsp3) is 0.545. The molecule has 0 radical (unpaired) electrons. The van der Waals surface area contributed by atoms with Crippen molar-refractivity contribution in [2.24, 2.45) is 0 Å². The van der Waals surface area contributed by atoms with Crippen LogP contribution in [0.5, 0.6) is 0 Å². The van der Waals surface area contributed by atoms with Crippen molar-refractivity contribution in [2.75, 3.05) is 0 Å². The molecule has 0 atom stereocenters. The Balaban J connectivity index is 1.62. The van der Waals surface area contributed by atoms with Crippen LogP contribution >= 0.6 is 11.8 Å². The summed E-state index contributed by atoms with van der Waals surface area (Å²) in [5.41, 5.74) is 2.59. The second-order valence-corrected chi connectivity index (χ2v) is 9.63. The first-order valence-corrected chi connectivity index (χ1v) is 11.4. The molecule has 0 aliphatic heterocycles. The van der Waals surface area contributed by atoms with Gasteiger partial charge in [0.15, 0.2) is 16.8 Å². The number of benzene rings is 1. The molecule has 154 valence electrons. The lowest BCUT2D eigenvalue weighted by Crippen LogP contribution is -2.11. The number of nitrogens with zero attached hydrogens (tertiary/aromatic N) is 5. The quantitative estimate of drug-likeness (QED) is 0.492. The average Bonchev–Trinajstić information content (AvgIpc) is 3.45. The van der Waals surface area contributed by atoms with Crippen LogP contribution in [0.3, 0.4) is 0 Å². The Kier molecular flexibility index (Phi) is 5.76. The minimum Gasteiger partial charge on any atom is -0.339 e. The van der Waals surface area contributed by atoms with E-state index in [0.29, 0.717) is 23.5 Å². The molecule has 6 nitrogen and oxygen atoms in total. The highest BCUT2D eigenvalue weighted by Gasteiger charge is 2.25. The van der Waals surface area contributed by atoms with Gasteiger partial charge in [-0.15, -0.1) is 10.2 Å². The number of aromatic nitrogens is 5. The maximum atomic E-state index is 5.23. The minimum atomic E-state index is 0.139. The normalized spacial score (nSPS) is 15.3. The molecule has 1 aromatic carbocycles. The number of thioether (sulfide) groups is 1. The van der Waals surface area contributed by atoms with E-state index < -0.39 is 0 Å². The fourth-order valence-electron chi connectivity index (χ4n) is 3.80. The summed E-state index contributed by atoms with van der Waals surface area (Å²) >= 11 is 1.64. The van der Waals surface area contributed by atoms with Crippen LogP contribution in [0.15, 0.2) is 33.9 Å². The van der Waals surface area contributed by atoms with Gasteiger partial charge in [0, 0.05) is 18.0 Å². The topological polar surface area (TPSA) is 69.6 Å². The standard InChI is InChI=1S/C22H29N5OS/c1-5-19-23-18(26-28-19)14-29-21-25-24-20(27(21)17-8-6-7-9-17)15-10-12-16(13-11-15)22(2,3)4/h10-13,17H,5-9,14H2,1-4H3. The molecule has 4 rings (SSSR count). The highest BCUT2D eigenvalue weighted by Crippen LogP contribution is 2.37. The molecule has 1 aliphatic carbocycles. The second-order valence-electron chi connectivity index (χ2n) is 8.69. The Morgan fingerprint density at radius 1 is 1.10 bits per heavy atom. The maximum absolute atomic E-state index is 5.23. The number of hydrogen-bond acceptors (Lipinski definition) is 6.